The first-order valence-corrected chi connectivity index (χ1v) is 11.7. The summed E-state index contributed by atoms with van der Waals surface area (Å²) in [6.07, 6.45) is 8.13. The molecule has 1 aliphatic heterocycles. The van der Waals surface area contributed by atoms with Gasteiger partial charge in [-0.2, -0.15) is 4.57 Å². The normalized spacial score (nSPS) is 22.4. The third-order valence-electron chi connectivity index (χ3n) is 7.99. The fourth-order valence-electron chi connectivity index (χ4n) is 5.56. The van der Waals surface area contributed by atoms with Gasteiger partial charge in [-0.15, -0.1) is 0 Å². The minimum atomic E-state index is 0.0473. The number of aryl methyl sites for hydroxylation is 1. The summed E-state index contributed by atoms with van der Waals surface area (Å²) in [6, 6.07) is 22.8. The molecular weight excluding hydrogens is 362 g/mol. The van der Waals surface area contributed by atoms with Gasteiger partial charge in [-0.1, -0.05) is 57.5 Å². The van der Waals surface area contributed by atoms with Crippen LogP contribution >= 0.6 is 0 Å². The molecule has 2 atom stereocenters. The second-order valence-electron chi connectivity index (χ2n) is 9.29. The molecule has 0 radical (unpaired) electrons. The van der Waals surface area contributed by atoms with Crippen molar-refractivity contribution in [2.75, 3.05) is 0 Å². The van der Waals surface area contributed by atoms with Crippen LogP contribution in [0.1, 0.15) is 71.4 Å². The van der Waals surface area contributed by atoms with Crippen molar-refractivity contribution in [3.63, 3.8) is 0 Å². The van der Waals surface area contributed by atoms with Crippen LogP contribution < -0.4 is 4.57 Å². The summed E-state index contributed by atoms with van der Waals surface area (Å²) in [7, 11) is 0. The van der Waals surface area contributed by atoms with Gasteiger partial charge in [-0.3, -0.25) is 0 Å². The lowest BCUT2D eigenvalue weighted by Crippen LogP contribution is -2.67. The van der Waals surface area contributed by atoms with Crippen molar-refractivity contribution in [2.24, 2.45) is 0 Å². The van der Waals surface area contributed by atoms with Gasteiger partial charge in [0.1, 0.15) is 0 Å². The highest BCUT2D eigenvalue weighted by molar-refractivity contribution is 5.75. The zero-order valence-corrected chi connectivity index (χ0v) is 19.3. The Morgan fingerprint density at radius 1 is 0.800 bits per heavy atom. The summed E-state index contributed by atoms with van der Waals surface area (Å²) in [5, 5.41) is 0. The highest BCUT2D eigenvalue weighted by Gasteiger charge is 2.56. The topological polar surface area (TPSA) is 3.88 Å². The van der Waals surface area contributed by atoms with Gasteiger partial charge in [0.05, 0.1) is 11.0 Å². The van der Waals surface area contributed by atoms with E-state index in [-0.39, 0.29) is 11.0 Å². The molecule has 3 aromatic rings. The largest absolute Gasteiger partial charge is 0.213 e. The molecule has 0 fully saturated rings. The summed E-state index contributed by atoms with van der Waals surface area (Å²) >= 11 is 0. The van der Waals surface area contributed by atoms with Crippen LogP contribution in [0, 0.1) is 0 Å². The van der Waals surface area contributed by atoms with Crippen LogP contribution in [0.25, 0.3) is 22.4 Å². The first kappa shape index (κ1) is 20.8. The highest BCUT2D eigenvalue weighted by atomic mass is 15.1. The van der Waals surface area contributed by atoms with Gasteiger partial charge in [0.25, 0.3) is 0 Å². The van der Waals surface area contributed by atoms with Crippen molar-refractivity contribution >= 4 is 0 Å². The van der Waals surface area contributed by atoms with Crippen molar-refractivity contribution in [3.05, 3.63) is 78.0 Å². The maximum atomic E-state index is 2.54. The molecule has 2 heterocycles. The number of unbranched alkanes of at least 4 members (excludes halogenated alkanes) is 1. The van der Waals surface area contributed by atoms with Crippen LogP contribution in [0.5, 0.6) is 0 Å². The summed E-state index contributed by atoms with van der Waals surface area (Å²) in [5.41, 5.74) is 8.59. The van der Waals surface area contributed by atoms with E-state index in [1.54, 1.807) is 0 Å². The fourth-order valence-corrected chi connectivity index (χ4v) is 5.56. The Balaban J connectivity index is 1.95. The van der Waals surface area contributed by atoms with Gasteiger partial charge >= 0.3 is 0 Å². The highest BCUT2D eigenvalue weighted by Crippen LogP contribution is 2.50. The molecule has 0 saturated carbocycles. The summed E-state index contributed by atoms with van der Waals surface area (Å²) in [6.45, 7) is 11.9. The number of fused-ring (bicyclic) bond motifs is 3. The molecule has 1 aromatic heterocycles. The summed E-state index contributed by atoms with van der Waals surface area (Å²) in [5.74, 6) is 0. The molecule has 0 amide bonds. The molecule has 1 aliphatic rings. The minimum Gasteiger partial charge on any atom is -0.192 e. The van der Waals surface area contributed by atoms with Gasteiger partial charge in [-0.25, -0.2) is 0 Å². The van der Waals surface area contributed by atoms with E-state index < -0.39 is 0 Å². The smallest absolute Gasteiger partial charge is 0.192 e. The zero-order chi connectivity index (χ0) is 21.4. The number of benzene rings is 2. The number of nitrogens with zero attached hydrogens (tertiary/aromatic N) is 1. The van der Waals surface area contributed by atoms with Crippen molar-refractivity contribution in [2.45, 2.75) is 77.7 Å². The SMILES string of the molecule is CCCCc1ccccc1-c1ccc2c(c1)C(C)(CC)C(C)(CC)[n+]1ccccc1-2. The number of hydrogen-bond acceptors (Lipinski definition) is 0. The Morgan fingerprint density at radius 2 is 1.57 bits per heavy atom. The Bertz CT molecular complexity index is 1050. The van der Waals surface area contributed by atoms with Crippen molar-refractivity contribution in [3.8, 4) is 22.4 Å². The monoisotopic (exact) mass is 398 g/mol. The molecule has 0 aliphatic carbocycles. The van der Waals surface area contributed by atoms with Crippen molar-refractivity contribution in [1.29, 1.82) is 0 Å². The molecule has 0 spiro atoms. The van der Waals surface area contributed by atoms with E-state index in [9.17, 15) is 0 Å². The quantitative estimate of drug-likeness (QED) is 0.379. The Hall–Kier alpha value is -2.41. The van der Waals surface area contributed by atoms with Crippen LogP contribution in [0.3, 0.4) is 0 Å². The standard InChI is InChI=1S/C29H36N/c1-6-9-14-22-15-10-11-16-24(22)23-18-19-25-26(21-23)28(4,7-2)29(5,8-3)30-20-13-12-17-27(25)30/h10-13,15-21H,6-9,14H2,1-5H3/q+1. The second-order valence-corrected chi connectivity index (χ2v) is 9.29. The molecule has 1 nitrogen and oxygen atoms in total. The fraction of sp³-hybridized carbons (Fsp3) is 0.414. The van der Waals surface area contributed by atoms with E-state index in [1.165, 1.54) is 46.4 Å². The lowest BCUT2D eigenvalue weighted by Gasteiger charge is -2.46. The van der Waals surface area contributed by atoms with E-state index in [4.69, 9.17) is 0 Å². The van der Waals surface area contributed by atoms with Crippen molar-refractivity contribution < 1.29 is 4.57 Å². The molecule has 2 aromatic carbocycles. The van der Waals surface area contributed by atoms with E-state index >= 15 is 0 Å². The summed E-state index contributed by atoms with van der Waals surface area (Å²) in [4.78, 5) is 0. The molecule has 1 heteroatoms. The maximum Gasteiger partial charge on any atom is 0.213 e. The average Bonchev–Trinajstić information content (AvgIpc) is 2.81. The van der Waals surface area contributed by atoms with E-state index in [1.807, 2.05) is 0 Å². The van der Waals surface area contributed by atoms with Crippen LogP contribution in [-0.2, 0) is 17.4 Å². The van der Waals surface area contributed by atoms with Crippen molar-refractivity contribution in [1.82, 2.24) is 0 Å². The zero-order valence-electron chi connectivity index (χ0n) is 19.3. The molecule has 2 unspecified atom stereocenters. The van der Waals surface area contributed by atoms with Gasteiger partial charge in [0.2, 0.25) is 5.69 Å². The maximum absolute atomic E-state index is 2.54. The molecule has 4 rings (SSSR count). The van der Waals surface area contributed by atoms with E-state index in [2.05, 4.69) is 106 Å². The molecule has 30 heavy (non-hydrogen) atoms. The predicted molar refractivity (Wildman–Crippen MR) is 128 cm³/mol. The molecule has 156 valence electrons. The summed E-state index contributed by atoms with van der Waals surface area (Å²) < 4.78 is 2.54. The molecular formula is C29H36N+. The van der Waals surface area contributed by atoms with Gasteiger partial charge in [0, 0.05) is 25.5 Å². The first-order valence-electron chi connectivity index (χ1n) is 11.7. The minimum absolute atomic E-state index is 0.0473. The predicted octanol–water partition coefficient (Wildman–Crippen LogP) is 7.46. The Labute approximate surface area is 182 Å². The third-order valence-corrected chi connectivity index (χ3v) is 7.99. The van der Waals surface area contributed by atoms with Gasteiger partial charge < -0.3 is 0 Å². The molecule has 0 bridgehead atoms. The van der Waals surface area contributed by atoms with Gasteiger partial charge in [0.15, 0.2) is 11.7 Å². The molecule has 0 saturated heterocycles. The van der Waals surface area contributed by atoms with E-state index in [0.29, 0.717) is 0 Å². The van der Waals surface area contributed by atoms with E-state index in [0.717, 1.165) is 19.3 Å². The lowest BCUT2D eigenvalue weighted by atomic mass is 9.60. The number of aromatic nitrogens is 1. The third kappa shape index (κ3) is 3.02. The van der Waals surface area contributed by atoms with Crippen LogP contribution in [0.4, 0.5) is 0 Å². The number of hydrogen-bond donors (Lipinski definition) is 0. The molecule has 0 N–H and O–H groups in total. The average molecular weight is 399 g/mol. The van der Waals surface area contributed by atoms with Gasteiger partial charge in [-0.05, 0) is 66.6 Å². The lowest BCUT2D eigenvalue weighted by molar-refractivity contribution is -0.765. The Morgan fingerprint density at radius 3 is 2.30 bits per heavy atom. The number of pyridine rings is 1. The van der Waals surface area contributed by atoms with Crippen LogP contribution in [-0.4, -0.2) is 0 Å². The Kier molecular flexibility index (Phi) is 5.57. The van der Waals surface area contributed by atoms with Crippen LogP contribution in [0.2, 0.25) is 0 Å². The second kappa shape index (κ2) is 8.02. The number of rotatable bonds is 6. The first-order chi connectivity index (χ1) is 14.5. The van der Waals surface area contributed by atoms with Crippen LogP contribution in [0.15, 0.2) is 66.9 Å².